The van der Waals surface area contributed by atoms with Crippen molar-refractivity contribution in [3.8, 4) is 11.5 Å². The fraction of sp³-hybridized carbons (Fsp3) is 0.143. The number of aromatic hydroxyl groups is 1. The molecule has 0 saturated carbocycles. The molecule has 0 aliphatic heterocycles. The van der Waals surface area contributed by atoms with Crippen LogP contribution in [0.4, 0.5) is 5.69 Å². The van der Waals surface area contributed by atoms with Gasteiger partial charge < -0.3 is 19.9 Å². The fourth-order valence-corrected chi connectivity index (χ4v) is 2.54. The lowest BCUT2D eigenvalue weighted by Crippen LogP contribution is -2.11. The quantitative estimate of drug-likeness (QED) is 0.848. The van der Waals surface area contributed by atoms with Crippen LogP contribution >= 0.6 is 11.3 Å². The summed E-state index contributed by atoms with van der Waals surface area (Å²) in [5.74, 6) is -0.910. The van der Waals surface area contributed by atoms with E-state index in [0.29, 0.717) is 11.4 Å². The number of para-hydroxylation sites is 2. The van der Waals surface area contributed by atoms with Crippen molar-refractivity contribution >= 4 is 28.9 Å². The van der Waals surface area contributed by atoms with Crippen molar-refractivity contribution in [2.24, 2.45) is 0 Å². The summed E-state index contributed by atoms with van der Waals surface area (Å²) in [5, 5.41) is 12.4. The molecule has 2 N–H and O–H groups in total. The van der Waals surface area contributed by atoms with Crippen LogP contribution in [-0.2, 0) is 4.74 Å². The van der Waals surface area contributed by atoms with Crippen molar-refractivity contribution in [2.75, 3.05) is 19.5 Å². The molecule has 6 nitrogen and oxygen atoms in total. The van der Waals surface area contributed by atoms with Crippen LogP contribution < -0.4 is 10.1 Å². The summed E-state index contributed by atoms with van der Waals surface area (Å²) in [4.78, 5) is 23.7. The van der Waals surface area contributed by atoms with E-state index in [4.69, 9.17) is 4.74 Å². The number of hydrogen-bond donors (Lipinski definition) is 2. The van der Waals surface area contributed by atoms with E-state index >= 15 is 0 Å². The molecule has 0 bridgehead atoms. The van der Waals surface area contributed by atoms with Crippen molar-refractivity contribution in [3.63, 3.8) is 0 Å². The topological polar surface area (TPSA) is 84.9 Å². The van der Waals surface area contributed by atoms with E-state index in [1.807, 2.05) is 0 Å². The van der Waals surface area contributed by atoms with E-state index in [-0.39, 0.29) is 15.5 Å². The number of esters is 1. The van der Waals surface area contributed by atoms with Crippen LogP contribution in [0, 0.1) is 0 Å². The van der Waals surface area contributed by atoms with Gasteiger partial charge in [-0.3, -0.25) is 4.79 Å². The largest absolute Gasteiger partial charge is 0.506 e. The molecule has 21 heavy (non-hydrogen) atoms. The number of benzene rings is 1. The predicted molar refractivity (Wildman–Crippen MR) is 78.3 cm³/mol. The van der Waals surface area contributed by atoms with Crippen molar-refractivity contribution in [3.05, 3.63) is 40.1 Å². The molecule has 110 valence electrons. The van der Waals surface area contributed by atoms with Crippen LogP contribution in [0.15, 0.2) is 30.3 Å². The Bertz CT molecular complexity index is 680. The SMILES string of the molecule is COC(=O)c1cc(O)c(C(=O)Nc2ccccc2OC)s1. The molecule has 0 fully saturated rings. The molecular formula is C14H13NO5S. The van der Waals surface area contributed by atoms with Gasteiger partial charge in [0.1, 0.15) is 21.3 Å². The van der Waals surface area contributed by atoms with Gasteiger partial charge in [-0.2, -0.15) is 0 Å². The normalized spacial score (nSPS) is 10.0. The van der Waals surface area contributed by atoms with Gasteiger partial charge in [0.05, 0.1) is 19.9 Å². The molecule has 0 aliphatic rings. The summed E-state index contributed by atoms with van der Waals surface area (Å²) in [5.41, 5.74) is 0.470. The highest BCUT2D eigenvalue weighted by molar-refractivity contribution is 7.16. The Morgan fingerprint density at radius 3 is 2.62 bits per heavy atom. The van der Waals surface area contributed by atoms with Crippen LogP contribution in [-0.4, -0.2) is 31.2 Å². The van der Waals surface area contributed by atoms with Gasteiger partial charge in [0.15, 0.2) is 0 Å². The predicted octanol–water partition coefficient (Wildman–Crippen LogP) is 2.50. The molecule has 2 aromatic rings. The maximum absolute atomic E-state index is 12.2. The zero-order valence-electron chi connectivity index (χ0n) is 11.4. The van der Waals surface area contributed by atoms with Gasteiger partial charge in [0, 0.05) is 6.07 Å². The van der Waals surface area contributed by atoms with Crippen molar-refractivity contribution < 1.29 is 24.2 Å². The van der Waals surface area contributed by atoms with Crippen LogP contribution in [0.25, 0.3) is 0 Å². The molecule has 1 amide bonds. The summed E-state index contributed by atoms with van der Waals surface area (Å²) in [6.07, 6.45) is 0. The Morgan fingerprint density at radius 1 is 1.24 bits per heavy atom. The van der Waals surface area contributed by atoms with Gasteiger partial charge in [-0.05, 0) is 12.1 Å². The minimum absolute atomic E-state index is 0.0290. The first kappa shape index (κ1) is 14.9. The Kier molecular flexibility index (Phi) is 4.44. The number of ether oxygens (including phenoxy) is 2. The Labute approximate surface area is 124 Å². The van der Waals surface area contributed by atoms with Gasteiger partial charge in [0.25, 0.3) is 5.91 Å². The first-order chi connectivity index (χ1) is 10.1. The van der Waals surface area contributed by atoms with Gasteiger partial charge in [-0.15, -0.1) is 11.3 Å². The number of thiophene rings is 1. The third-order valence-electron chi connectivity index (χ3n) is 2.66. The first-order valence-corrected chi connectivity index (χ1v) is 6.74. The third-order valence-corrected chi connectivity index (χ3v) is 3.76. The molecule has 0 aliphatic carbocycles. The third kappa shape index (κ3) is 3.14. The smallest absolute Gasteiger partial charge is 0.348 e. The van der Waals surface area contributed by atoms with Gasteiger partial charge >= 0.3 is 5.97 Å². The minimum atomic E-state index is -0.605. The number of amides is 1. The van der Waals surface area contributed by atoms with Crippen molar-refractivity contribution in [1.29, 1.82) is 0 Å². The fourth-order valence-electron chi connectivity index (χ4n) is 1.67. The molecule has 7 heteroatoms. The monoisotopic (exact) mass is 307 g/mol. The zero-order valence-corrected chi connectivity index (χ0v) is 12.2. The molecule has 1 heterocycles. The number of carbonyl (C=O) groups is 2. The minimum Gasteiger partial charge on any atom is -0.506 e. The van der Waals surface area contributed by atoms with E-state index in [0.717, 1.165) is 11.3 Å². The van der Waals surface area contributed by atoms with Crippen molar-refractivity contribution in [2.45, 2.75) is 0 Å². The number of carbonyl (C=O) groups excluding carboxylic acids is 2. The van der Waals surface area contributed by atoms with Gasteiger partial charge in [0.2, 0.25) is 0 Å². The lowest BCUT2D eigenvalue weighted by atomic mass is 10.3. The Morgan fingerprint density at radius 2 is 1.95 bits per heavy atom. The standard InChI is InChI=1S/C14H13NO5S/c1-19-10-6-4-3-5-8(10)15-13(17)12-9(16)7-11(21-12)14(18)20-2/h3-7,16H,1-2H3,(H,15,17). The summed E-state index contributed by atoms with van der Waals surface area (Å²) in [6, 6.07) is 8.08. The molecule has 1 aromatic heterocycles. The van der Waals surface area contributed by atoms with E-state index in [1.165, 1.54) is 20.3 Å². The maximum atomic E-state index is 12.2. The Balaban J connectivity index is 2.24. The molecule has 0 unspecified atom stereocenters. The Hall–Kier alpha value is -2.54. The molecular weight excluding hydrogens is 294 g/mol. The second kappa shape index (κ2) is 6.27. The average molecular weight is 307 g/mol. The number of hydrogen-bond acceptors (Lipinski definition) is 6. The van der Waals surface area contributed by atoms with E-state index < -0.39 is 11.9 Å². The van der Waals surface area contributed by atoms with Gasteiger partial charge in [-0.1, -0.05) is 12.1 Å². The highest BCUT2D eigenvalue weighted by atomic mass is 32.1. The summed E-state index contributed by atoms with van der Waals surface area (Å²) in [6.45, 7) is 0. The second-order valence-corrected chi connectivity index (χ2v) is 5.02. The van der Waals surface area contributed by atoms with Crippen LogP contribution in [0.3, 0.4) is 0 Å². The lowest BCUT2D eigenvalue weighted by molar-refractivity contribution is 0.0606. The van der Waals surface area contributed by atoms with Gasteiger partial charge in [-0.25, -0.2) is 4.79 Å². The molecule has 0 radical (unpaired) electrons. The summed E-state index contributed by atoms with van der Waals surface area (Å²) in [7, 11) is 2.72. The number of rotatable bonds is 4. The molecule has 0 atom stereocenters. The number of anilines is 1. The maximum Gasteiger partial charge on any atom is 0.348 e. The highest BCUT2D eigenvalue weighted by Gasteiger charge is 2.20. The summed E-state index contributed by atoms with van der Waals surface area (Å²) < 4.78 is 9.67. The van der Waals surface area contributed by atoms with Crippen LogP contribution in [0.1, 0.15) is 19.3 Å². The highest BCUT2D eigenvalue weighted by Crippen LogP contribution is 2.31. The van der Waals surface area contributed by atoms with E-state index in [1.54, 1.807) is 24.3 Å². The summed E-state index contributed by atoms with van der Waals surface area (Å²) >= 11 is 0.856. The number of methoxy groups -OCH3 is 2. The lowest BCUT2D eigenvalue weighted by Gasteiger charge is -2.08. The van der Waals surface area contributed by atoms with E-state index in [9.17, 15) is 14.7 Å². The average Bonchev–Trinajstić information content (AvgIpc) is 2.89. The molecule has 0 saturated heterocycles. The van der Waals surface area contributed by atoms with Crippen LogP contribution in [0.5, 0.6) is 11.5 Å². The molecule has 2 rings (SSSR count). The first-order valence-electron chi connectivity index (χ1n) is 5.92. The van der Waals surface area contributed by atoms with Crippen molar-refractivity contribution in [1.82, 2.24) is 0 Å². The molecule has 0 spiro atoms. The molecule has 1 aromatic carbocycles. The van der Waals surface area contributed by atoms with Crippen LogP contribution in [0.2, 0.25) is 0 Å². The van der Waals surface area contributed by atoms with E-state index in [2.05, 4.69) is 10.1 Å². The zero-order chi connectivity index (χ0) is 15.4. The number of nitrogens with one attached hydrogen (secondary N) is 1. The second-order valence-electron chi connectivity index (χ2n) is 3.97.